The molecule has 2 saturated heterocycles. The second-order valence-electron chi connectivity index (χ2n) is 7.19. The standard InChI is InChI=1S/C19H24N2OS/c1-11-8-17-16(6-7-18(22)20-17)12(2)19(11)23-15-9-13-4-5-14(10-15)21(13)3/h6-8,13-15H,4-5,9-10H2,1-3H3,(H,20,22)/t13-,14+,15-. The van der Waals surface area contributed by atoms with E-state index in [-0.39, 0.29) is 5.56 Å². The highest BCUT2D eigenvalue weighted by Gasteiger charge is 2.38. The van der Waals surface area contributed by atoms with Gasteiger partial charge in [0.25, 0.3) is 0 Å². The number of hydrogen-bond acceptors (Lipinski definition) is 3. The molecule has 0 radical (unpaired) electrons. The van der Waals surface area contributed by atoms with Gasteiger partial charge in [-0.2, -0.15) is 0 Å². The molecule has 1 N–H and O–H groups in total. The first-order chi connectivity index (χ1) is 11.0. The monoisotopic (exact) mass is 328 g/mol. The number of thioether (sulfide) groups is 1. The second kappa shape index (κ2) is 5.67. The summed E-state index contributed by atoms with van der Waals surface area (Å²) in [4.78, 5) is 18.5. The zero-order valence-electron chi connectivity index (χ0n) is 14.1. The Balaban J connectivity index is 1.67. The van der Waals surface area contributed by atoms with Gasteiger partial charge < -0.3 is 9.88 Å². The molecule has 2 bridgehead atoms. The van der Waals surface area contributed by atoms with E-state index >= 15 is 0 Å². The lowest BCUT2D eigenvalue weighted by molar-refractivity contribution is 0.183. The van der Waals surface area contributed by atoms with Crippen molar-refractivity contribution in [2.75, 3.05) is 7.05 Å². The number of pyridine rings is 1. The fourth-order valence-corrected chi connectivity index (χ4v) is 5.94. The third-order valence-electron chi connectivity index (χ3n) is 5.75. The lowest BCUT2D eigenvalue weighted by atomic mass is 10.0. The van der Waals surface area contributed by atoms with E-state index in [1.807, 2.05) is 6.07 Å². The number of aryl methyl sites for hydroxylation is 2. The van der Waals surface area contributed by atoms with E-state index in [4.69, 9.17) is 0 Å². The van der Waals surface area contributed by atoms with Gasteiger partial charge in [0, 0.05) is 39.2 Å². The Bertz CT molecular complexity index is 799. The molecule has 2 aliphatic heterocycles. The highest BCUT2D eigenvalue weighted by atomic mass is 32.2. The lowest BCUT2D eigenvalue weighted by Crippen LogP contribution is -2.40. The minimum absolute atomic E-state index is 0.0244. The molecule has 23 heavy (non-hydrogen) atoms. The fraction of sp³-hybridized carbons (Fsp3) is 0.526. The Labute approximate surface area is 141 Å². The Morgan fingerprint density at radius 3 is 2.57 bits per heavy atom. The van der Waals surface area contributed by atoms with E-state index in [0.29, 0.717) is 0 Å². The van der Waals surface area contributed by atoms with Gasteiger partial charge in [0.05, 0.1) is 0 Å². The number of nitrogens with one attached hydrogen (secondary N) is 1. The third-order valence-corrected chi connectivity index (χ3v) is 7.33. The molecule has 2 aliphatic rings. The molecule has 2 fully saturated rings. The molecule has 0 spiro atoms. The van der Waals surface area contributed by atoms with Crippen molar-refractivity contribution in [2.24, 2.45) is 0 Å². The predicted octanol–water partition coefficient (Wildman–Crippen LogP) is 3.86. The molecule has 1 aromatic carbocycles. The largest absolute Gasteiger partial charge is 0.322 e. The quantitative estimate of drug-likeness (QED) is 0.909. The summed E-state index contributed by atoms with van der Waals surface area (Å²) in [6.07, 6.45) is 5.35. The van der Waals surface area contributed by atoms with E-state index in [1.54, 1.807) is 6.07 Å². The molecule has 4 rings (SSSR count). The first-order valence-corrected chi connectivity index (χ1v) is 9.42. The maximum absolute atomic E-state index is 11.6. The van der Waals surface area contributed by atoms with Crippen LogP contribution in [0, 0.1) is 13.8 Å². The summed E-state index contributed by atoms with van der Waals surface area (Å²) in [7, 11) is 2.30. The third kappa shape index (κ3) is 2.62. The van der Waals surface area contributed by atoms with Crippen LogP contribution in [0.1, 0.15) is 36.8 Å². The molecular formula is C19H24N2OS. The number of fused-ring (bicyclic) bond motifs is 3. The summed E-state index contributed by atoms with van der Waals surface area (Å²) in [6.45, 7) is 4.36. The summed E-state index contributed by atoms with van der Waals surface area (Å²) >= 11 is 2.07. The van der Waals surface area contributed by atoms with E-state index in [2.05, 4.69) is 48.6 Å². The van der Waals surface area contributed by atoms with Crippen LogP contribution in [0.3, 0.4) is 0 Å². The number of H-pyrrole nitrogens is 1. The van der Waals surface area contributed by atoms with Crippen molar-refractivity contribution in [3.8, 4) is 0 Å². The van der Waals surface area contributed by atoms with Crippen LogP contribution in [0.5, 0.6) is 0 Å². The Morgan fingerprint density at radius 2 is 1.87 bits per heavy atom. The zero-order chi connectivity index (χ0) is 16.1. The summed E-state index contributed by atoms with van der Waals surface area (Å²) in [5, 5.41) is 1.90. The van der Waals surface area contributed by atoms with E-state index < -0.39 is 0 Å². The van der Waals surface area contributed by atoms with Crippen molar-refractivity contribution >= 4 is 22.7 Å². The predicted molar refractivity (Wildman–Crippen MR) is 97.5 cm³/mol. The van der Waals surface area contributed by atoms with Crippen molar-refractivity contribution in [1.82, 2.24) is 9.88 Å². The van der Waals surface area contributed by atoms with Crippen molar-refractivity contribution in [3.05, 3.63) is 39.7 Å². The van der Waals surface area contributed by atoms with Crippen LogP contribution in [0.25, 0.3) is 10.9 Å². The average Bonchev–Trinajstić information content (AvgIpc) is 2.73. The molecule has 0 unspecified atom stereocenters. The lowest BCUT2D eigenvalue weighted by Gasteiger charge is -2.36. The van der Waals surface area contributed by atoms with Gasteiger partial charge in [-0.15, -0.1) is 11.8 Å². The van der Waals surface area contributed by atoms with E-state index in [9.17, 15) is 4.79 Å². The summed E-state index contributed by atoms with van der Waals surface area (Å²) in [6, 6.07) is 7.29. The minimum Gasteiger partial charge on any atom is -0.322 e. The number of hydrogen-bond donors (Lipinski definition) is 1. The van der Waals surface area contributed by atoms with Crippen molar-refractivity contribution in [2.45, 2.75) is 61.8 Å². The SMILES string of the molecule is Cc1cc2[nH]c(=O)ccc2c(C)c1S[C@@H]1C[C@H]2CC[C@@H](C1)N2C. The van der Waals surface area contributed by atoms with E-state index in [1.165, 1.54) is 47.1 Å². The van der Waals surface area contributed by atoms with Crippen LogP contribution >= 0.6 is 11.8 Å². The number of aromatic nitrogens is 1. The van der Waals surface area contributed by atoms with Crippen LogP contribution in [0.4, 0.5) is 0 Å². The number of piperidine rings is 1. The first-order valence-electron chi connectivity index (χ1n) is 8.55. The Morgan fingerprint density at radius 1 is 1.17 bits per heavy atom. The molecule has 3 nitrogen and oxygen atoms in total. The van der Waals surface area contributed by atoms with Crippen molar-refractivity contribution < 1.29 is 0 Å². The molecule has 0 amide bonds. The first kappa shape index (κ1) is 15.3. The van der Waals surface area contributed by atoms with Gasteiger partial charge in [-0.3, -0.25) is 4.79 Å². The van der Waals surface area contributed by atoms with Gasteiger partial charge in [0.2, 0.25) is 5.56 Å². The molecular weight excluding hydrogens is 304 g/mol. The maximum Gasteiger partial charge on any atom is 0.248 e. The highest BCUT2D eigenvalue weighted by molar-refractivity contribution is 8.00. The van der Waals surface area contributed by atoms with Gasteiger partial charge in [-0.1, -0.05) is 0 Å². The van der Waals surface area contributed by atoms with Crippen LogP contribution < -0.4 is 5.56 Å². The molecule has 3 atom stereocenters. The molecule has 122 valence electrons. The van der Waals surface area contributed by atoms with Gasteiger partial charge >= 0.3 is 0 Å². The topological polar surface area (TPSA) is 36.1 Å². The van der Waals surface area contributed by atoms with Gasteiger partial charge in [-0.25, -0.2) is 0 Å². The Hall–Kier alpha value is -1.26. The number of rotatable bonds is 2. The van der Waals surface area contributed by atoms with Crippen LogP contribution in [-0.2, 0) is 0 Å². The number of nitrogens with zero attached hydrogens (tertiary/aromatic N) is 1. The van der Waals surface area contributed by atoms with Crippen LogP contribution in [0.15, 0.2) is 27.9 Å². The molecule has 3 heterocycles. The second-order valence-corrected chi connectivity index (χ2v) is 8.50. The molecule has 2 aromatic rings. The van der Waals surface area contributed by atoms with Crippen LogP contribution in [-0.4, -0.2) is 34.3 Å². The summed E-state index contributed by atoms with van der Waals surface area (Å²) < 4.78 is 0. The molecule has 0 saturated carbocycles. The number of aromatic amines is 1. The average molecular weight is 328 g/mol. The molecule has 0 aliphatic carbocycles. The summed E-state index contributed by atoms with van der Waals surface area (Å²) in [5.74, 6) is 0. The minimum atomic E-state index is -0.0244. The number of benzene rings is 1. The molecule has 1 aromatic heterocycles. The van der Waals surface area contributed by atoms with Gasteiger partial charge in [0.1, 0.15) is 0 Å². The smallest absolute Gasteiger partial charge is 0.248 e. The highest BCUT2D eigenvalue weighted by Crippen LogP contribution is 2.43. The molecule has 4 heteroatoms. The van der Waals surface area contributed by atoms with Crippen molar-refractivity contribution in [1.29, 1.82) is 0 Å². The van der Waals surface area contributed by atoms with Crippen LogP contribution in [0.2, 0.25) is 0 Å². The van der Waals surface area contributed by atoms with Gasteiger partial charge in [-0.05, 0) is 69.8 Å². The van der Waals surface area contributed by atoms with Crippen molar-refractivity contribution in [3.63, 3.8) is 0 Å². The Kier molecular flexibility index (Phi) is 3.77. The normalized spacial score (nSPS) is 27.7. The van der Waals surface area contributed by atoms with E-state index in [0.717, 1.165) is 22.9 Å². The fourth-order valence-electron chi connectivity index (χ4n) is 4.44. The van der Waals surface area contributed by atoms with Gasteiger partial charge in [0.15, 0.2) is 0 Å². The maximum atomic E-state index is 11.6. The summed E-state index contributed by atoms with van der Waals surface area (Å²) in [5.41, 5.74) is 3.53. The zero-order valence-corrected chi connectivity index (χ0v) is 14.9.